The van der Waals surface area contributed by atoms with Crippen molar-refractivity contribution >= 4 is 17.8 Å². The molecular formula is C25H37N5O4. The highest BCUT2D eigenvalue weighted by molar-refractivity contribution is 5.82. The molecule has 1 aromatic heterocycles. The second-order valence-electron chi connectivity index (χ2n) is 10.1. The van der Waals surface area contributed by atoms with E-state index in [4.69, 9.17) is 9.47 Å². The van der Waals surface area contributed by atoms with E-state index in [1.54, 1.807) is 12.4 Å². The van der Waals surface area contributed by atoms with Crippen LogP contribution in [-0.4, -0.2) is 83.8 Å². The number of anilines is 1. The van der Waals surface area contributed by atoms with Crippen molar-refractivity contribution in [2.75, 3.05) is 37.7 Å². The number of rotatable bonds is 7. The number of piperidine rings is 2. The van der Waals surface area contributed by atoms with Gasteiger partial charge in [0.15, 0.2) is 0 Å². The molecule has 5 rings (SSSR count). The number of hydrogen-bond donors (Lipinski definition) is 1. The predicted molar refractivity (Wildman–Crippen MR) is 126 cm³/mol. The van der Waals surface area contributed by atoms with E-state index in [1.165, 1.54) is 0 Å². The second-order valence-corrected chi connectivity index (χ2v) is 10.1. The minimum absolute atomic E-state index is 0.0402. The normalized spacial score (nSPS) is 28.5. The summed E-state index contributed by atoms with van der Waals surface area (Å²) < 4.78 is 12.0. The van der Waals surface area contributed by atoms with Gasteiger partial charge < -0.3 is 24.6 Å². The molecule has 1 saturated carbocycles. The second kappa shape index (κ2) is 11.0. The highest BCUT2D eigenvalue weighted by Crippen LogP contribution is 2.31. The van der Waals surface area contributed by atoms with Gasteiger partial charge in [-0.3, -0.25) is 9.59 Å². The largest absolute Gasteiger partial charge is 0.376 e. The van der Waals surface area contributed by atoms with E-state index in [1.807, 2.05) is 11.0 Å². The summed E-state index contributed by atoms with van der Waals surface area (Å²) in [6.07, 6.45) is 11.7. The molecule has 0 radical (unpaired) electrons. The maximum atomic E-state index is 13.2. The number of amides is 2. The van der Waals surface area contributed by atoms with Gasteiger partial charge in [0.2, 0.25) is 17.8 Å². The summed E-state index contributed by atoms with van der Waals surface area (Å²) in [6.45, 7) is 3.56. The third-order valence-corrected chi connectivity index (χ3v) is 7.85. The molecule has 1 unspecified atom stereocenters. The first kappa shape index (κ1) is 23.5. The topological polar surface area (TPSA) is 96.9 Å². The Labute approximate surface area is 201 Å². The van der Waals surface area contributed by atoms with Crippen LogP contribution in [-0.2, 0) is 19.1 Å². The van der Waals surface area contributed by atoms with E-state index in [2.05, 4.69) is 20.2 Å². The van der Waals surface area contributed by atoms with Gasteiger partial charge in [-0.15, -0.1) is 0 Å². The molecule has 1 N–H and O–H groups in total. The molecule has 1 aromatic rings. The van der Waals surface area contributed by atoms with Gasteiger partial charge in [0.25, 0.3) is 0 Å². The Bertz CT molecular complexity index is 822. The summed E-state index contributed by atoms with van der Waals surface area (Å²) in [4.78, 5) is 39.0. The molecule has 3 atom stereocenters. The van der Waals surface area contributed by atoms with Gasteiger partial charge in [-0.1, -0.05) is 6.42 Å². The van der Waals surface area contributed by atoms with Crippen LogP contribution in [0.3, 0.4) is 0 Å². The van der Waals surface area contributed by atoms with Gasteiger partial charge in [0.05, 0.1) is 24.8 Å². The molecule has 3 saturated heterocycles. The van der Waals surface area contributed by atoms with Crippen LogP contribution in [0.15, 0.2) is 18.5 Å². The summed E-state index contributed by atoms with van der Waals surface area (Å²) in [5, 5.41) is 3.22. The fourth-order valence-corrected chi connectivity index (χ4v) is 5.57. The zero-order valence-electron chi connectivity index (χ0n) is 19.9. The number of likely N-dealkylation sites (tertiary alicyclic amines) is 1. The Kier molecular flexibility index (Phi) is 7.59. The minimum Gasteiger partial charge on any atom is -0.376 e. The highest BCUT2D eigenvalue weighted by atomic mass is 16.5. The molecule has 0 spiro atoms. The predicted octanol–water partition coefficient (Wildman–Crippen LogP) is 1.92. The van der Waals surface area contributed by atoms with E-state index in [9.17, 15) is 9.59 Å². The van der Waals surface area contributed by atoms with Crippen molar-refractivity contribution in [2.45, 2.75) is 82.1 Å². The first-order valence-electron chi connectivity index (χ1n) is 13.0. The van der Waals surface area contributed by atoms with Crippen LogP contribution in [0, 0.1) is 5.92 Å². The molecule has 4 fully saturated rings. The molecule has 4 heterocycles. The summed E-state index contributed by atoms with van der Waals surface area (Å²) in [5.74, 6) is 1.11. The summed E-state index contributed by atoms with van der Waals surface area (Å²) in [5.41, 5.74) is 0. The SMILES string of the molecule is O=C(N[C@@H]1CCCN(C(=O)C2CCC2)[C@@H]1COC1CCN(c2ncccn2)CC1)C1CCCO1. The number of aromatic nitrogens is 2. The van der Waals surface area contributed by atoms with Crippen molar-refractivity contribution < 1.29 is 19.1 Å². The molecule has 0 aromatic carbocycles. The fraction of sp³-hybridized carbons (Fsp3) is 0.760. The lowest BCUT2D eigenvalue weighted by Crippen LogP contribution is -2.61. The molecule has 2 amide bonds. The van der Waals surface area contributed by atoms with E-state index < -0.39 is 0 Å². The van der Waals surface area contributed by atoms with Gasteiger partial charge >= 0.3 is 0 Å². The van der Waals surface area contributed by atoms with Crippen LogP contribution in [0.2, 0.25) is 0 Å². The zero-order chi connectivity index (χ0) is 23.3. The van der Waals surface area contributed by atoms with E-state index in [0.29, 0.717) is 13.2 Å². The minimum atomic E-state index is -0.358. The third-order valence-electron chi connectivity index (χ3n) is 7.85. The fourth-order valence-electron chi connectivity index (χ4n) is 5.57. The number of nitrogens with one attached hydrogen (secondary N) is 1. The van der Waals surface area contributed by atoms with Gasteiger partial charge in [-0.2, -0.15) is 0 Å². The standard InChI is InChI=1S/C25H37N5O4/c31-23(22-8-3-16-33-22)28-20-7-2-13-30(24(32)18-5-1-6-18)21(20)17-34-19-9-14-29(15-10-19)25-26-11-4-12-27-25/h4,11-12,18-22H,1-3,5-10,13-17H2,(H,28,31)/t20-,21-,22?/m1/s1. The number of ether oxygens (including phenoxy) is 2. The van der Waals surface area contributed by atoms with Crippen LogP contribution in [0.5, 0.6) is 0 Å². The van der Waals surface area contributed by atoms with E-state index in [-0.39, 0.29) is 42.0 Å². The lowest BCUT2D eigenvalue weighted by molar-refractivity contribution is -0.147. The van der Waals surface area contributed by atoms with Crippen molar-refractivity contribution in [3.8, 4) is 0 Å². The molecule has 4 aliphatic rings. The van der Waals surface area contributed by atoms with E-state index >= 15 is 0 Å². The quantitative estimate of drug-likeness (QED) is 0.649. The third kappa shape index (κ3) is 5.35. The average Bonchev–Trinajstić information content (AvgIpc) is 3.38. The highest BCUT2D eigenvalue weighted by Gasteiger charge is 2.40. The summed E-state index contributed by atoms with van der Waals surface area (Å²) in [7, 11) is 0. The first-order chi connectivity index (χ1) is 16.7. The van der Waals surface area contributed by atoms with Crippen LogP contribution < -0.4 is 10.2 Å². The monoisotopic (exact) mass is 471 g/mol. The summed E-state index contributed by atoms with van der Waals surface area (Å²) >= 11 is 0. The Morgan fingerprint density at radius 2 is 1.79 bits per heavy atom. The van der Waals surface area contributed by atoms with Crippen LogP contribution in [0.4, 0.5) is 5.95 Å². The molecule has 3 aliphatic heterocycles. The van der Waals surface area contributed by atoms with Crippen molar-refractivity contribution in [1.82, 2.24) is 20.2 Å². The molecule has 9 nitrogen and oxygen atoms in total. The number of carbonyl (C=O) groups is 2. The Hall–Kier alpha value is -2.26. The molecule has 0 bridgehead atoms. The van der Waals surface area contributed by atoms with Crippen molar-refractivity contribution in [1.29, 1.82) is 0 Å². The van der Waals surface area contributed by atoms with Crippen LogP contribution in [0.25, 0.3) is 0 Å². The molecule has 186 valence electrons. The lowest BCUT2D eigenvalue weighted by Gasteiger charge is -2.44. The Morgan fingerprint density at radius 3 is 2.47 bits per heavy atom. The average molecular weight is 472 g/mol. The zero-order valence-corrected chi connectivity index (χ0v) is 19.9. The smallest absolute Gasteiger partial charge is 0.249 e. The Balaban J connectivity index is 1.20. The van der Waals surface area contributed by atoms with Crippen molar-refractivity contribution in [3.05, 3.63) is 18.5 Å². The lowest BCUT2D eigenvalue weighted by atomic mass is 9.83. The van der Waals surface area contributed by atoms with Crippen LogP contribution in [0.1, 0.15) is 57.8 Å². The first-order valence-corrected chi connectivity index (χ1v) is 13.0. The van der Waals surface area contributed by atoms with Crippen molar-refractivity contribution in [2.24, 2.45) is 5.92 Å². The molecule has 9 heteroatoms. The van der Waals surface area contributed by atoms with Crippen LogP contribution >= 0.6 is 0 Å². The van der Waals surface area contributed by atoms with Gasteiger partial charge in [0, 0.05) is 44.6 Å². The number of carbonyl (C=O) groups excluding carboxylic acids is 2. The maximum absolute atomic E-state index is 13.2. The summed E-state index contributed by atoms with van der Waals surface area (Å²) in [6, 6.07) is 1.61. The molecule has 1 aliphatic carbocycles. The van der Waals surface area contributed by atoms with Crippen molar-refractivity contribution in [3.63, 3.8) is 0 Å². The number of hydrogen-bond acceptors (Lipinski definition) is 7. The maximum Gasteiger partial charge on any atom is 0.249 e. The van der Waals surface area contributed by atoms with Gasteiger partial charge in [0.1, 0.15) is 6.10 Å². The van der Waals surface area contributed by atoms with Gasteiger partial charge in [-0.05, 0) is 57.4 Å². The molecule has 34 heavy (non-hydrogen) atoms. The van der Waals surface area contributed by atoms with E-state index in [0.717, 1.165) is 83.4 Å². The number of nitrogens with zero attached hydrogens (tertiary/aromatic N) is 4. The molecular weight excluding hydrogens is 434 g/mol. The van der Waals surface area contributed by atoms with Gasteiger partial charge in [-0.25, -0.2) is 9.97 Å². The Morgan fingerprint density at radius 1 is 1.00 bits per heavy atom.